The molecule has 1 aliphatic rings. The molecule has 0 radical (unpaired) electrons. The molecule has 0 spiro atoms. The Bertz CT molecular complexity index is 458. The summed E-state index contributed by atoms with van der Waals surface area (Å²) in [5.74, 6) is 0.317. The molecule has 1 aromatic rings. The lowest BCUT2D eigenvalue weighted by Crippen LogP contribution is -2.27. The van der Waals surface area contributed by atoms with Crippen molar-refractivity contribution in [2.45, 2.75) is 24.5 Å². The van der Waals surface area contributed by atoms with Crippen molar-refractivity contribution in [3.8, 4) is 0 Å². The standard InChI is InChI=1S/C13H16BrNO2S/c1-13(3-2-4-18-13)8-15-11-6-9(12(16)17)5-10(14)7-11/h5-7,15H,2-4,8H2,1H3,(H,16,17). The number of halogens is 1. The van der Waals surface area contributed by atoms with Crippen LogP contribution in [0.4, 0.5) is 5.69 Å². The van der Waals surface area contributed by atoms with Gasteiger partial charge >= 0.3 is 5.97 Å². The number of hydrogen-bond acceptors (Lipinski definition) is 3. The summed E-state index contributed by atoms with van der Waals surface area (Å²) in [6.07, 6.45) is 2.48. The van der Waals surface area contributed by atoms with Crippen molar-refractivity contribution in [2.75, 3.05) is 17.6 Å². The molecule has 0 amide bonds. The number of rotatable bonds is 4. The molecule has 1 unspecified atom stereocenters. The lowest BCUT2D eigenvalue weighted by Gasteiger charge is -2.23. The molecular formula is C13H16BrNO2S. The van der Waals surface area contributed by atoms with E-state index in [0.717, 1.165) is 16.7 Å². The number of benzene rings is 1. The number of anilines is 1. The van der Waals surface area contributed by atoms with Crippen molar-refractivity contribution >= 4 is 39.3 Å². The Balaban J connectivity index is 2.07. The SMILES string of the molecule is CC1(CNc2cc(Br)cc(C(=O)O)c2)CCCS1. The minimum absolute atomic E-state index is 0.270. The largest absolute Gasteiger partial charge is 0.478 e. The Morgan fingerprint density at radius 2 is 2.33 bits per heavy atom. The molecule has 1 saturated heterocycles. The van der Waals surface area contributed by atoms with Gasteiger partial charge in [0.1, 0.15) is 0 Å². The van der Waals surface area contributed by atoms with E-state index in [1.54, 1.807) is 12.1 Å². The number of carboxylic acid groups (broad SMARTS) is 1. The van der Waals surface area contributed by atoms with E-state index in [2.05, 4.69) is 28.2 Å². The number of hydrogen-bond donors (Lipinski definition) is 2. The average molecular weight is 330 g/mol. The molecular weight excluding hydrogens is 314 g/mol. The monoisotopic (exact) mass is 329 g/mol. The van der Waals surface area contributed by atoms with E-state index in [-0.39, 0.29) is 4.75 Å². The van der Waals surface area contributed by atoms with Gasteiger partial charge in [-0.25, -0.2) is 4.79 Å². The van der Waals surface area contributed by atoms with Crippen LogP contribution in [0.3, 0.4) is 0 Å². The van der Waals surface area contributed by atoms with Gasteiger partial charge in [0.15, 0.2) is 0 Å². The van der Waals surface area contributed by atoms with Crippen LogP contribution in [0.5, 0.6) is 0 Å². The molecule has 3 nitrogen and oxygen atoms in total. The molecule has 18 heavy (non-hydrogen) atoms. The van der Waals surface area contributed by atoms with Gasteiger partial charge in [0, 0.05) is 21.5 Å². The van der Waals surface area contributed by atoms with Crippen molar-refractivity contribution in [1.29, 1.82) is 0 Å². The van der Waals surface area contributed by atoms with Gasteiger partial charge in [-0.15, -0.1) is 0 Å². The number of carbonyl (C=O) groups is 1. The third-order valence-corrected chi connectivity index (χ3v) is 5.11. The molecule has 1 heterocycles. The zero-order chi connectivity index (χ0) is 13.2. The Labute approximate surface area is 119 Å². The van der Waals surface area contributed by atoms with Crippen LogP contribution in [0.1, 0.15) is 30.1 Å². The Morgan fingerprint density at radius 1 is 1.56 bits per heavy atom. The van der Waals surface area contributed by atoms with Gasteiger partial charge in [-0.05, 0) is 43.7 Å². The van der Waals surface area contributed by atoms with Gasteiger partial charge in [-0.2, -0.15) is 11.8 Å². The summed E-state index contributed by atoms with van der Waals surface area (Å²) in [5, 5.41) is 12.4. The molecule has 5 heteroatoms. The highest BCUT2D eigenvalue weighted by Gasteiger charge is 2.29. The van der Waals surface area contributed by atoms with Gasteiger partial charge < -0.3 is 10.4 Å². The van der Waals surface area contributed by atoms with Crippen LogP contribution in [-0.4, -0.2) is 28.1 Å². The number of nitrogens with one attached hydrogen (secondary N) is 1. The molecule has 2 N–H and O–H groups in total. The number of aromatic carboxylic acids is 1. The Morgan fingerprint density at radius 3 is 2.94 bits per heavy atom. The van der Waals surface area contributed by atoms with E-state index in [9.17, 15) is 4.79 Å². The second kappa shape index (κ2) is 5.53. The van der Waals surface area contributed by atoms with Crippen molar-refractivity contribution in [2.24, 2.45) is 0 Å². The first-order chi connectivity index (χ1) is 8.48. The maximum Gasteiger partial charge on any atom is 0.335 e. The average Bonchev–Trinajstić information content (AvgIpc) is 2.73. The van der Waals surface area contributed by atoms with E-state index in [0.29, 0.717) is 5.56 Å². The van der Waals surface area contributed by atoms with Crippen molar-refractivity contribution in [3.63, 3.8) is 0 Å². The summed E-state index contributed by atoms with van der Waals surface area (Å²) >= 11 is 5.33. The maximum atomic E-state index is 11.0. The third kappa shape index (κ3) is 3.42. The first-order valence-corrected chi connectivity index (χ1v) is 7.68. The lowest BCUT2D eigenvalue weighted by atomic mass is 10.1. The van der Waals surface area contributed by atoms with E-state index in [4.69, 9.17) is 5.11 Å². The fraction of sp³-hybridized carbons (Fsp3) is 0.462. The highest BCUT2D eigenvalue weighted by Crippen LogP contribution is 2.37. The minimum Gasteiger partial charge on any atom is -0.478 e. The van der Waals surface area contributed by atoms with Crippen LogP contribution in [0.2, 0.25) is 0 Å². The van der Waals surface area contributed by atoms with Crippen molar-refractivity contribution in [3.05, 3.63) is 28.2 Å². The fourth-order valence-corrected chi connectivity index (χ4v) is 3.82. The Hall–Kier alpha value is -0.680. The molecule has 0 aromatic heterocycles. The molecule has 1 atom stereocenters. The van der Waals surface area contributed by atoms with Gasteiger partial charge in [0.05, 0.1) is 5.56 Å². The molecule has 1 aromatic carbocycles. The molecule has 2 rings (SSSR count). The molecule has 0 bridgehead atoms. The smallest absolute Gasteiger partial charge is 0.335 e. The Kier molecular flexibility index (Phi) is 4.22. The summed E-state index contributed by atoms with van der Waals surface area (Å²) in [4.78, 5) is 11.0. The van der Waals surface area contributed by atoms with E-state index < -0.39 is 5.97 Å². The van der Waals surface area contributed by atoms with Gasteiger partial charge in [-0.3, -0.25) is 0 Å². The third-order valence-electron chi connectivity index (χ3n) is 3.11. The van der Waals surface area contributed by atoms with E-state index >= 15 is 0 Å². The zero-order valence-corrected chi connectivity index (χ0v) is 12.6. The van der Waals surface area contributed by atoms with Gasteiger partial charge in [-0.1, -0.05) is 15.9 Å². The van der Waals surface area contributed by atoms with Crippen LogP contribution in [0.25, 0.3) is 0 Å². The second-order valence-corrected chi connectivity index (χ2v) is 7.39. The van der Waals surface area contributed by atoms with Crippen LogP contribution in [0, 0.1) is 0 Å². The summed E-state index contributed by atoms with van der Waals surface area (Å²) < 4.78 is 1.06. The predicted octanol–water partition coefficient (Wildman–Crippen LogP) is 3.84. The number of carboxylic acids is 1. The quantitative estimate of drug-likeness (QED) is 0.880. The normalized spacial score (nSPS) is 23.0. The molecule has 98 valence electrons. The predicted molar refractivity (Wildman–Crippen MR) is 79.7 cm³/mol. The first-order valence-electron chi connectivity index (χ1n) is 5.90. The lowest BCUT2D eigenvalue weighted by molar-refractivity contribution is 0.0697. The summed E-state index contributed by atoms with van der Waals surface area (Å²) in [6, 6.07) is 5.20. The van der Waals surface area contributed by atoms with Gasteiger partial charge in [0.25, 0.3) is 0 Å². The van der Waals surface area contributed by atoms with Gasteiger partial charge in [0.2, 0.25) is 0 Å². The maximum absolute atomic E-state index is 11.0. The molecule has 1 fully saturated rings. The van der Waals surface area contributed by atoms with E-state index in [1.807, 2.05) is 17.8 Å². The zero-order valence-electron chi connectivity index (χ0n) is 10.2. The van der Waals surface area contributed by atoms with E-state index in [1.165, 1.54) is 18.6 Å². The molecule has 1 aliphatic heterocycles. The summed E-state index contributed by atoms with van der Waals surface area (Å²) in [7, 11) is 0. The van der Waals surface area contributed by atoms with Crippen LogP contribution in [-0.2, 0) is 0 Å². The first kappa shape index (κ1) is 13.7. The number of thioether (sulfide) groups is 1. The minimum atomic E-state index is -0.902. The summed E-state index contributed by atoms with van der Waals surface area (Å²) in [6.45, 7) is 3.13. The van der Waals surface area contributed by atoms with Crippen molar-refractivity contribution < 1.29 is 9.90 Å². The van der Waals surface area contributed by atoms with Crippen LogP contribution < -0.4 is 5.32 Å². The second-order valence-electron chi connectivity index (χ2n) is 4.79. The topological polar surface area (TPSA) is 49.3 Å². The highest BCUT2D eigenvalue weighted by atomic mass is 79.9. The van der Waals surface area contributed by atoms with Crippen molar-refractivity contribution in [1.82, 2.24) is 0 Å². The van der Waals surface area contributed by atoms with Crippen LogP contribution in [0.15, 0.2) is 22.7 Å². The fourth-order valence-electron chi connectivity index (χ4n) is 2.08. The van der Waals surface area contributed by atoms with Crippen LogP contribution >= 0.6 is 27.7 Å². The molecule has 0 aliphatic carbocycles. The molecule has 0 saturated carbocycles. The highest BCUT2D eigenvalue weighted by molar-refractivity contribution is 9.10. The summed E-state index contributed by atoms with van der Waals surface area (Å²) in [5.41, 5.74) is 1.16.